The van der Waals surface area contributed by atoms with Gasteiger partial charge in [0.05, 0.1) is 18.1 Å². The van der Waals surface area contributed by atoms with E-state index in [4.69, 9.17) is 0 Å². The Morgan fingerprint density at radius 1 is 1.45 bits per heavy atom. The van der Waals surface area contributed by atoms with Gasteiger partial charge in [0.25, 0.3) is 0 Å². The maximum atomic E-state index is 11.9. The molecular formula is C13H16N6O. The molecule has 3 rings (SSSR count). The molecule has 0 spiro atoms. The topological polar surface area (TPSA) is 84.7 Å². The van der Waals surface area contributed by atoms with Crippen LogP contribution < -0.4 is 10.6 Å². The summed E-state index contributed by atoms with van der Waals surface area (Å²) in [5, 5.41) is 10.3. The van der Waals surface area contributed by atoms with Gasteiger partial charge in [0.2, 0.25) is 11.9 Å². The Kier molecular flexibility index (Phi) is 3.69. The van der Waals surface area contributed by atoms with E-state index in [1.54, 1.807) is 30.9 Å². The molecule has 104 valence electrons. The van der Waals surface area contributed by atoms with Gasteiger partial charge in [0.1, 0.15) is 0 Å². The SMILES string of the molecule is O=C(CC1CCCN1)Nc1cnn(-c2ncccn2)c1. The Labute approximate surface area is 116 Å². The number of hydrogen-bond donors (Lipinski definition) is 2. The molecule has 0 bridgehead atoms. The van der Waals surface area contributed by atoms with Gasteiger partial charge in [-0.3, -0.25) is 4.79 Å². The van der Waals surface area contributed by atoms with Gasteiger partial charge in [-0.15, -0.1) is 0 Å². The fourth-order valence-electron chi connectivity index (χ4n) is 2.27. The number of hydrogen-bond acceptors (Lipinski definition) is 5. The number of aromatic nitrogens is 4. The molecular weight excluding hydrogens is 256 g/mol. The molecule has 2 aromatic rings. The van der Waals surface area contributed by atoms with Gasteiger partial charge in [0.15, 0.2) is 0 Å². The fraction of sp³-hybridized carbons (Fsp3) is 0.385. The molecule has 7 nitrogen and oxygen atoms in total. The first-order valence-electron chi connectivity index (χ1n) is 6.66. The lowest BCUT2D eigenvalue weighted by Crippen LogP contribution is -2.27. The zero-order chi connectivity index (χ0) is 13.8. The van der Waals surface area contributed by atoms with Crippen LogP contribution >= 0.6 is 0 Å². The Hall–Kier alpha value is -2.28. The van der Waals surface area contributed by atoms with Gasteiger partial charge in [-0.25, -0.2) is 14.6 Å². The highest BCUT2D eigenvalue weighted by Crippen LogP contribution is 2.12. The average molecular weight is 272 g/mol. The minimum Gasteiger partial charge on any atom is -0.323 e. The van der Waals surface area contributed by atoms with Crippen LogP contribution in [0.15, 0.2) is 30.9 Å². The smallest absolute Gasteiger partial charge is 0.250 e. The number of nitrogens with one attached hydrogen (secondary N) is 2. The van der Waals surface area contributed by atoms with Crippen molar-refractivity contribution in [2.75, 3.05) is 11.9 Å². The largest absolute Gasteiger partial charge is 0.323 e. The summed E-state index contributed by atoms with van der Waals surface area (Å²) in [6.07, 6.45) is 9.28. The molecule has 0 radical (unpaired) electrons. The summed E-state index contributed by atoms with van der Waals surface area (Å²) in [6, 6.07) is 2.03. The van der Waals surface area contributed by atoms with E-state index in [1.165, 1.54) is 4.68 Å². The van der Waals surface area contributed by atoms with E-state index in [1.807, 2.05) is 0 Å². The van der Waals surface area contributed by atoms with Gasteiger partial charge < -0.3 is 10.6 Å². The third kappa shape index (κ3) is 3.00. The minimum atomic E-state index is -0.00192. The predicted molar refractivity (Wildman–Crippen MR) is 73.4 cm³/mol. The highest BCUT2D eigenvalue weighted by molar-refractivity contribution is 5.90. The monoisotopic (exact) mass is 272 g/mol. The van der Waals surface area contributed by atoms with E-state index in [0.29, 0.717) is 24.1 Å². The number of carbonyl (C=O) groups is 1. The molecule has 1 aliphatic heterocycles. The maximum Gasteiger partial charge on any atom is 0.250 e. The molecule has 1 aliphatic rings. The van der Waals surface area contributed by atoms with Crippen LogP contribution in [-0.4, -0.2) is 38.2 Å². The zero-order valence-electron chi connectivity index (χ0n) is 11.0. The Bertz CT molecular complexity index is 576. The first-order chi connectivity index (χ1) is 9.81. The van der Waals surface area contributed by atoms with E-state index in [2.05, 4.69) is 25.7 Å². The lowest BCUT2D eigenvalue weighted by molar-refractivity contribution is -0.116. The summed E-state index contributed by atoms with van der Waals surface area (Å²) in [5.41, 5.74) is 0.653. The van der Waals surface area contributed by atoms with Gasteiger partial charge in [-0.2, -0.15) is 5.10 Å². The van der Waals surface area contributed by atoms with Crippen molar-refractivity contribution in [1.82, 2.24) is 25.1 Å². The van der Waals surface area contributed by atoms with Crippen LogP contribution in [0.3, 0.4) is 0 Å². The van der Waals surface area contributed by atoms with Crippen LogP contribution in [0.4, 0.5) is 5.69 Å². The summed E-state index contributed by atoms with van der Waals surface area (Å²) in [4.78, 5) is 20.1. The number of anilines is 1. The van der Waals surface area contributed by atoms with Gasteiger partial charge in [-0.05, 0) is 25.5 Å². The Morgan fingerprint density at radius 2 is 2.30 bits per heavy atom. The maximum absolute atomic E-state index is 11.9. The molecule has 3 heterocycles. The predicted octanol–water partition coefficient (Wildman–Crippen LogP) is 0.743. The molecule has 0 aromatic carbocycles. The van der Waals surface area contributed by atoms with Crippen LogP contribution in [0.25, 0.3) is 5.95 Å². The molecule has 2 N–H and O–H groups in total. The van der Waals surface area contributed by atoms with Crippen molar-refractivity contribution in [3.05, 3.63) is 30.9 Å². The van der Waals surface area contributed by atoms with Crippen molar-refractivity contribution in [2.24, 2.45) is 0 Å². The van der Waals surface area contributed by atoms with E-state index >= 15 is 0 Å². The molecule has 0 aliphatic carbocycles. The summed E-state index contributed by atoms with van der Waals surface area (Å²) in [5.74, 6) is 0.475. The van der Waals surface area contributed by atoms with Crippen LogP contribution in [-0.2, 0) is 4.79 Å². The lowest BCUT2D eigenvalue weighted by atomic mass is 10.1. The van der Waals surface area contributed by atoms with Crippen molar-refractivity contribution < 1.29 is 4.79 Å². The molecule has 1 unspecified atom stereocenters. The van der Waals surface area contributed by atoms with E-state index in [0.717, 1.165) is 19.4 Å². The van der Waals surface area contributed by atoms with Crippen LogP contribution in [0.2, 0.25) is 0 Å². The fourth-order valence-corrected chi connectivity index (χ4v) is 2.27. The summed E-state index contributed by atoms with van der Waals surface area (Å²) < 4.78 is 1.53. The molecule has 7 heteroatoms. The normalized spacial score (nSPS) is 18.1. The van der Waals surface area contributed by atoms with Crippen LogP contribution in [0.1, 0.15) is 19.3 Å². The zero-order valence-corrected chi connectivity index (χ0v) is 11.0. The molecule has 1 atom stereocenters. The highest BCUT2D eigenvalue weighted by atomic mass is 16.1. The first-order valence-corrected chi connectivity index (χ1v) is 6.66. The standard InChI is InChI=1S/C13H16N6O/c20-12(7-10-3-1-4-14-10)18-11-8-17-19(9-11)13-15-5-2-6-16-13/h2,5-6,8-10,14H,1,3-4,7H2,(H,18,20). The molecule has 1 fully saturated rings. The van der Waals surface area contributed by atoms with Crippen molar-refractivity contribution in [2.45, 2.75) is 25.3 Å². The number of nitrogens with zero attached hydrogens (tertiary/aromatic N) is 4. The number of rotatable bonds is 4. The van der Waals surface area contributed by atoms with Crippen molar-refractivity contribution in [3.8, 4) is 5.95 Å². The van der Waals surface area contributed by atoms with Crippen LogP contribution in [0, 0.1) is 0 Å². The average Bonchev–Trinajstić information content (AvgIpc) is 3.11. The van der Waals surface area contributed by atoms with Crippen molar-refractivity contribution >= 4 is 11.6 Å². The third-order valence-corrected chi connectivity index (χ3v) is 3.22. The second-order valence-corrected chi connectivity index (χ2v) is 4.77. The minimum absolute atomic E-state index is 0.00192. The summed E-state index contributed by atoms with van der Waals surface area (Å²) in [7, 11) is 0. The number of carbonyl (C=O) groups excluding carboxylic acids is 1. The van der Waals surface area contributed by atoms with Gasteiger partial charge in [-0.1, -0.05) is 0 Å². The quantitative estimate of drug-likeness (QED) is 0.857. The van der Waals surface area contributed by atoms with E-state index in [-0.39, 0.29) is 5.91 Å². The second-order valence-electron chi connectivity index (χ2n) is 4.77. The Balaban J connectivity index is 1.61. The third-order valence-electron chi connectivity index (χ3n) is 3.22. The molecule has 0 saturated carbocycles. The lowest BCUT2D eigenvalue weighted by Gasteiger charge is -2.08. The first kappa shape index (κ1) is 12.7. The number of amides is 1. The molecule has 2 aromatic heterocycles. The van der Waals surface area contributed by atoms with Crippen molar-refractivity contribution in [1.29, 1.82) is 0 Å². The Morgan fingerprint density at radius 3 is 3.05 bits per heavy atom. The van der Waals surface area contributed by atoms with E-state index in [9.17, 15) is 4.79 Å². The molecule has 1 saturated heterocycles. The highest BCUT2D eigenvalue weighted by Gasteiger charge is 2.18. The van der Waals surface area contributed by atoms with E-state index < -0.39 is 0 Å². The summed E-state index contributed by atoms with van der Waals surface area (Å²) in [6.45, 7) is 1.00. The second kappa shape index (κ2) is 5.79. The summed E-state index contributed by atoms with van der Waals surface area (Å²) >= 11 is 0. The molecule has 1 amide bonds. The van der Waals surface area contributed by atoms with Gasteiger partial charge >= 0.3 is 0 Å². The van der Waals surface area contributed by atoms with Gasteiger partial charge in [0, 0.05) is 24.9 Å². The molecule has 20 heavy (non-hydrogen) atoms. The van der Waals surface area contributed by atoms with Crippen LogP contribution in [0.5, 0.6) is 0 Å². The van der Waals surface area contributed by atoms with Crippen molar-refractivity contribution in [3.63, 3.8) is 0 Å².